The van der Waals surface area contributed by atoms with E-state index in [9.17, 15) is 0 Å². The Kier molecular flexibility index (Phi) is 5.80. The number of hydrogen-bond donors (Lipinski definition) is 1. The van der Waals surface area contributed by atoms with Crippen molar-refractivity contribution in [2.24, 2.45) is 0 Å². The molecule has 0 aliphatic carbocycles. The lowest BCUT2D eigenvalue weighted by molar-refractivity contribution is 0.247. The summed E-state index contributed by atoms with van der Waals surface area (Å²) in [5.41, 5.74) is 1.13. The Morgan fingerprint density at radius 1 is 1.45 bits per heavy atom. The van der Waals surface area contributed by atoms with Crippen LogP contribution in [0.15, 0.2) is 18.2 Å². The first-order valence-electron chi connectivity index (χ1n) is 7.78. The Hall–Kier alpha value is -1.13. The lowest BCUT2D eigenvalue weighted by atomic mass is 10.1. The van der Waals surface area contributed by atoms with Gasteiger partial charge in [-0.3, -0.25) is 0 Å². The van der Waals surface area contributed by atoms with Gasteiger partial charge in [0.2, 0.25) is 0 Å². The van der Waals surface area contributed by atoms with Gasteiger partial charge in [0.15, 0.2) is 0 Å². The molecule has 1 aliphatic rings. The highest BCUT2D eigenvalue weighted by Crippen LogP contribution is 2.19. The molecule has 2 rings (SSSR count). The first-order valence-corrected chi connectivity index (χ1v) is 7.78. The Balaban J connectivity index is 1.98. The van der Waals surface area contributed by atoms with Crippen molar-refractivity contribution in [2.75, 3.05) is 38.6 Å². The van der Waals surface area contributed by atoms with E-state index >= 15 is 0 Å². The van der Waals surface area contributed by atoms with E-state index in [0.717, 1.165) is 37.6 Å². The molecule has 0 radical (unpaired) electrons. The number of anilines is 1. The van der Waals surface area contributed by atoms with Gasteiger partial charge in [0.25, 0.3) is 0 Å². The molecule has 1 unspecified atom stereocenters. The molecule has 1 aromatic rings. The monoisotopic (exact) mass is 276 g/mol. The average Bonchev–Trinajstić information content (AvgIpc) is 2.47. The van der Waals surface area contributed by atoms with Crippen LogP contribution in [0.25, 0.3) is 0 Å². The molecule has 1 atom stereocenters. The Bertz CT molecular complexity index is 407. The zero-order chi connectivity index (χ0) is 14.4. The van der Waals surface area contributed by atoms with E-state index in [4.69, 9.17) is 4.98 Å². The smallest absolute Gasteiger partial charge is 0.128 e. The predicted octanol–water partition coefficient (Wildman–Crippen LogP) is 2.11. The zero-order valence-corrected chi connectivity index (χ0v) is 13.1. The molecule has 20 heavy (non-hydrogen) atoms. The number of nitrogens with one attached hydrogen (secondary N) is 1. The third-order valence-electron chi connectivity index (χ3n) is 4.03. The molecule has 112 valence electrons. The highest BCUT2D eigenvalue weighted by atomic mass is 15.2. The summed E-state index contributed by atoms with van der Waals surface area (Å²) in [6.07, 6.45) is 3.71. The van der Waals surface area contributed by atoms with E-state index in [1.165, 1.54) is 19.4 Å². The highest BCUT2D eigenvalue weighted by Gasteiger charge is 2.21. The van der Waals surface area contributed by atoms with Gasteiger partial charge in [0.1, 0.15) is 5.82 Å². The van der Waals surface area contributed by atoms with Crippen molar-refractivity contribution in [3.05, 3.63) is 23.9 Å². The maximum Gasteiger partial charge on any atom is 0.128 e. The van der Waals surface area contributed by atoms with Crippen molar-refractivity contribution in [1.82, 2.24) is 15.2 Å². The summed E-state index contributed by atoms with van der Waals surface area (Å²) >= 11 is 0. The van der Waals surface area contributed by atoms with Crippen LogP contribution in [0.5, 0.6) is 0 Å². The van der Waals surface area contributed by atoms with E-state index in [1.54, 1.807) is 0 Å². The summed E-state index contributed by atoms with van der Waals surface area (Å²) in [5, 5.41) is 3.41. The fraction of sp³-hybridized carbons (Fsp3) is 0.688. The minimum atomic E-state index is 0.583. The second-order valence-corrected chi connectivity index (χ2v) is 5.83. The molecular weight excluding hydrogens is 248 g/mol. The van der Waals surface area contributed by atoms with Crippen molar-refractivity contribution < 1.29 is 0 Å². The quantitative estimate of drug-likeness (QED) is 0.806. The van der Waals surface area contributed by atoms with Gasteiger partial charge in [-0.1, -0.05) is 13.0 Å². The summed E-state index contributed by atoms with van der Waals surface area (Å²) in [6, 6.07) is 6.93. The van der Waals surface area contributed by atoms with Crippen LogP contribution in [0, 0.1) is 0 Å². The van der Waals surface area contributed by atoms with Crippen molar-refractivity contribution >= 4 is 5.82 Å². The summed E-state index contributed by atoms with van der Waals surface area (Å²) in [6.45, 7) is 6.45. The van der Waals surface area contributed by atoms with Crippen LogP contribution in [0.4, 0.5) is 5.82 Å². The van der Waals surface area contributed by atoms with E-state index in [-0.39, 0.29) is 0 Å². The lowest BCUT2D eigenvalue weighted by Gasteiger charge is -2.36. The van der Waals surface area contributed by atoms with Gasteiger partial charge < -0.3 is 15.1 Å². The van der Waals surface area contributed by atoms with Crippen LogP contribution < -0.4 is 10.2 Å². The predicted molar refractivity (Wildman–Crippen MR) is 85.2 cm³/mol. The van der Waals surface area contributed by atoms with E-state index in [1.807, 2.05) is 0 Å². The van der Waals surface area contributed by atoms with Crippen LogP contribution in [-0.2, 0) is 6.54 Å². The van der Waals surface area contributed by atoms with Crippen LogP contribution in [-0.4, -0.2) is 49.7 Å². The van der Waals surface area contributed by atoms with Crippen molar-refractivity contribution in [1.29, 1.82) is 0 Å². The lowest BCUT2D eigenvalue weighted by Crippen LogP contribution is -2.45. The van der Waals surface area contributed by atoms with Crippen LogP contribution in [0.1, 0.15) is 31.9 Å². The molecule has 1 saturated heterocycles. The van der Waals surface area contributed by atoms with Crippen molar-refractivity contribution in [2.45, 2.75) is 38.8 Å². The maximum absolute atomic E-state index is 4.79. The number of nitrogens with zero attached hydrogens (tertiary/aromatic N) is 3. The maximum atomic E-state index is 4.79. The molecule has 0 bridgehead atoms. The molecule has 1 aromatic heterocycles. The van der Waals surface area contributed by atoms with E-state index < -0.39 is 0 Å². The molecule has 0 saturated carbocycles. The van der Waals surface area contributed by atoms with Gasteiger partial charge >= 0.3 is 0 Å². The van der Waals surface area contributed by atoms with Crippen LogP contribution in [0.3, 0.4) is 0 Å². The van der Waals surface area contributed by atoms with Gasteiger partial charge in [0, 0.05) is 26.2 Å². The van der Waals surface area contributed by atoms with E-state index in [0.29, 0.717) is 6.04 Å². The largest absolute Gasteiger partial charge is 0.355 e. The first-order chi connectivity index (χ1) is 9.70. The Morgan fingerprint density at radius 2 is 2.30 bits per heavy atom. The molecule has 4 heteroatoms. The Labute approximate surface area is 123 Å². The normalized spacial score (nSPS) is 20.1. The average molecular weight is 276 g/mol. The number of piperidine rings is 1. The summed E-state index contributed by atoms with van der Waals surface area (Å²) < 4.78 is 0. The first kappa shape index (κ1) is 15.3. The van der Waals surface area contributed by atoms with Gasteiger partial charge in [0.05, 0.1) is 5.69 Å². The summed E-state index contributed by atoms with van der Waals surface area (Å²) in [5.74, 6) is 1.10. The SMILES string of the molecule is CCCNCc1cccc(N(C)C2CCCN(C)C2)n1. The number of likely N-dealkylation sites (N-methyl/N-ethyl adjacent to an activating group) is 2. The highest BCUT2D eigenvalue weighted by molar-refractivity contribution is 5.39. The number of pyridine rings is 1. The summed E-state index contributed by atoms with van der Waals surface area (Å²) in [7, 11) is 4.38. The number of aromatic nitrogens is 1. The third-order valence-corrected chi connectivity index (χ3v) is 4.03. The zero-order valence-electron chi connectivity index (χ0n) is 13.1. The molecule has 0 spiro atoms. The number of rotatable bonds is 6. The molecule has 0 aromatic carbocycles. The second-order valence-electron chi connectivity index (χ2n) is 5.83. The van der Waals surface area contributed by atoms with Gasteiger partial charge in [-0.15, -0.1) is 0 Å². The number of hydrogen-bond acceptors (Lipinski definition) is 4. The second kappa shape index (κ2) is 7.60. The molecule has 1 N–H and O–H groups in total. The van der Waals surface area contributed by atoms with Gasteiger partial charge in [-0.2, -0.15) is 0 Å². The fourth-order valence-electron chi connectivity index (χ4n) is 2.80. The van der Waals surface area contributed by atoms with E-state index in [2.05, 4.69) is 54.3 Å². The molecule has 2 heterocycles. The van der Waals surface area contributed by atoms with Crippen LogP contribution >= 0.6 is 0 Å². The van der Waals surface area contributed by atoms with Gasteiger partial charge in [-0.25, -0.2) is 4.98 Å². The molecule has 4 nitrogen and oxygen atoms in total. The van der Waals surface area contributed by atoms with Crippen molar-refractivity contribution in [3.63, 3.8) is 0 Å². The van der Waals surface area contributed by atoms with Gasteiger partial charge in [-0.05, 0) is 51.5 Å². The molecular formula is C16H28N4. The van der Waals surface area contributed by atoms with Crippen molar-refractivity contribution in [3.8, 4) is 0 Å². The standard InChI is InChI=1S/C16H28N4/c1-4-10-17-12-14-7-5-9-16(18-14)20(3)15-8-6-11-19(2)13-15/h5,7,9,15,17H,4,6,8,10-13H2,1-3H3. The molecule has 1 aliphatic heterocycles. The summed E-state index contributed by atoms with van der Waals surface area (Å²) in [4.78, 5) is 9.55. The molecule has 1 fully saturated rings. The topological polar surface area (TPSA) is 31.4 Å². The Morgan fingerprint density at radius 3 is 3.05 bits per heavy atom. The van der Waals surface area contributed by atoms with Crippen LogP contribution in [0.2, 0.25) is 0 Å². The number of likely N-dealkylation sites (tertiary alicyclic amines) is 1. The fourth-order valence-corrected chi connectivity index (χ4v) is 2.80. The molecule has 0 amide bonds. The third kappa shape index (κ3) is 4.18. The minimum absolute atomic E-state index is 0.583. The minimum Gasteiger partial charge on any atom is -0.355 e.